The molecule has 0 heterocycles. The summed E-state index contributed by atoms with van der Waals surface area (Å²) in [4.78, 5) is 37.1. The van der Waals surface area contributed by atoms with Crippen molar-refractivity contribution in [2.75, 3.05) is 13.7 Å². The molecule has 2 amide bonds. The second-order valence-electron chi connectivity index (χ2n) is 10.5. The topological polar surface area (TPSA) is 93.7 Å². The maximum Gasteiger partial charge on any atom is 0.407 e. The number of carbonyl (C=O) groups is 3. The van der Waals surface area contributed by atoms with E-state index in [1.165, 1.54) is 29.4 Å². The summed E-state index contributed by atoms with van der Waals surface area (Å²) in [6, 6.07) is 23.3. The van der Waals surface area contributed by atoms with Gasteiger partial charge in [0, 0.05) is 17.9 Å². The van der Waals surface area contributed by atoms with Gasteiger partial charge in [0.2, 0.25) is 0 Å². The molecule has 1 unspecified atom stereocenters. The van der Waals surface area contributed by atoms with Crippen molar-refractivity contribution in [3.63, 3.8) is 0 Å². The number of hydrogen-bond donors (Lipinski definition) is 2. The highest BCUT2D eigenvalue weighted by atomic mass is 16.5. The van der Waals surface area contributed by atoms with E-state index in [1.807, 2.05) is 69.3 Å². The molecule has 0 bridgehead atoms. The average molecular weight is 515 g/mol. The molecular weight excluding hydrogens is 480 g/mol. The number of carbonyl (C=O) groups excluding carboxylic acids is 3. The summed E-state index contributed by atoms with van der Waals surface area (Å²) in [6.45, 7) is 6.02. The zero-order valence-corrected chi connectivity index (χ0v) is 22.2. The van der Waals surface area contributed by atoms with Gasteiger partial charge in [0.05, 0.1) is 13.2 Å². The minimum atomic E-state index is -0.702. The minimum Gasteiger partial charge on any atom is -0.453 e. The van der Waals surface area contributed by atoms with Crippen LogP contribution in [0.15, 0.2) is 72.8 Å². The molecule has 1 atom stereocenters. The van der Waals surface area contributed by atoms with Gasteiger partial charge in [-0.1, -0.05) is 93.6 Å². The Morgan fingerprint density at radius 3 is 1.92 bits per heavy atom. The smallest absolute Gasteiger partial charge is 0.407 e. The Labute approximate surface area is 223 Å². The molecule has 38 heavy (non-hydrogen) atoms. The van der Waals surface area contributed by atoms with Crippen LogP contribution in [0.3, 0.4) is 0 Å². The number of rotatable bonds is 8. The lowest BCUT2D eigenvalue weighted by Gasteiger charge is -2.25. The first-order valence-electron chi connectivity index (χ1n) is 12.7. The van der Waals surface area contributed by atoms with Gasteiger partial charge in [-0.3, -0.25) is 4.79 Å². The number of fused-ring (bicyclic) bond motifs is 3. The summed E-state index contributed by atoms with van der Waals surface area (Å²) in [5.74, 6) is -0.0707. The number of ketones is 1. The quantitative estimate of drug-likeness (QED) is 0.408. The van der Waals surface area contributed by atoms with E-state index >= 15 is 0 Å². The van der Waals surface area contributed by atoms with Gasteiger partial charge < -0.3 is 20.1 Å². The van der Waals surface area contributed by atoms with Crippen molar-refractivity contribution in [3.05, 3.63) is 95.1 Å². The molecule has 0 aromatic heterocycles. The number of methoxy groups -OCH3 is 1. The fraction of sp³-hybridized carbons (Fsp3) is 0.323. The lowest BCUT2D eigenvalue weighted by Crippen LogP contribution is -2.46. The zero-order chi connectivity index (χ0) is 27.3. The third-order valence-corrected chi connectivity index (χ3v) is 6.78. The highest BCUT2D eigenvalue weighted by molar-refractivity contribution is 5.91. The largest absolute Gasteiger partial charge is 0.453 e. The van der Waals surface area contributed by atoms with Gasteiger partial charge in [-0.05, 0) is 39.8 Å². The van der Waals surface area contributed by atoms with Crippen LogP contribution in [0, 0.1) is 5.41 Å². The maximum atomic E-state index is 12.8. The number of benzene rings is 3. The monoisotopic (exact) mass is 514 g/mol. The van der Waals surface area contributed by atoms with Crippen molar-refractivity contribution in [2.24, 2.45) is 5.41 Å². The summed E-state index contributed by atoms with van der Waals surface area (Å²) in [5.41, 5.74) is 5.87. The van der Waals surface area contributed by atoms with Crippen molar-refractivity contribution < 1.29 is 23.9 Å². The number of amides is 2. The molecular formula is C31H34N2O5. The highest BCUT2D eigenvalue weighted by Gasteiger charge is 2.31. The maximum absolute atomic E-state index is 12.8. The molecule has 0 radical (unpaired) electrons. The minimum absolute atomic E-state index is 0.00906. The third kappa shape index (κ3) is 6.22. The SMILES string of the molecule is COC(=O)NC(Cc1ccc(CNC(=O)OCC2c3ccccc3-c3ccccc32)cc1)C(=O)C(C)(C)C. The first-order chi connectivity index (χ1) is 18.2. The molecule has 1 aliphatic rings. The first kappa shape index (κ1) is 26.9. The lowest BCUT2D eigenvalue weighted by molar-refractivity contribution is -0.128. The molecule has 7 heteroatoms. The molecule has 198 valence electrons. The first-order valence-corrected chi connectivity index (χ1v) is 12.7. The summed E-state index contributed by atoms with van der Waals surface area (Å²) in [7, 11) is 1.27. The number of hydrogen-bond acceptors (Lipinski definition) is 5. The predicted molar refractivity (Wildman–Crippen MR) is 146 cm³/mol. The van der Waals surface area contributed by atoms with Gasteiger partial charge in [0.1, 0.15) is 6.61 Å². The molecule has 0 saturated carbocycles. The van der Waals surface area contributed by atoms with E-state index in [0.717, 1.165) is 11.1 Å². The van der Waals surface area contributed by atoms with Gasteiger partial charge >= 0.3 is 12.2 Å². The standard InChI is InChI=1S/C31H34N2O5/c1-31(2,3)28(34)27(33-30(36)37-4)17-20-13-15-21(16-14-20)18-32-29(35)38-19-26-24-11-7-5-9-22(24)23-10-6-8-12-25(23)26/h5-16,26-27H,17-19H2,1-4H3,(H,32,35)(H,33,36). The molecule has 0 spiro atoms. The van der Waals surface area contributed by atoms with Crippen molar-refractivity contribution in [3.8, 4) is 11.1 Å². The van der Waals surface area contributed by atoms with Crippen LogP contribution in [0.2, 0.25) is 0 Å². The van der Waals surface area contributed by atoms with Crippen molar-refractivity contribution in [2.45, 2.75) is 45.7 Å². The van der Waals surface area contributed by atoms with E-state index in [0.29, 0.717) is 13.0 Å². The second-order valence-corrected chi connectivity index (χ2v) is 10.5. The Balaban J connectivity index is 1.32. The third-order valence-electron chi connectivity index (χ3n) is 6.78. The van der Waals surface area contributed by atoms with Gasteiger partial charge in [0.25, 0.3) is 0 Å². The lowest BCUT2D eigenvalue weighted by atomic mass is 9.84. The van der Waals surface area contributed by atoms with Crippen LogP contribution in [-0.4, -0.2) is 37.7 Å². The van der Waals surface area contributed by atoms with Crippen LogP contribution in [0.4, 0.5) is 9.59 Å². The number of alkyl carbamates (subject to hydrolysis) is 2. The van der Waals surface area contributed by atoms with Crippen molar-refractivity contribution >= 4 is 18.0 Å². The van der Waals surface area contributed by atoms with Crippen LogP contribution in [-0.2, 0) is 27.2 Å². The van der Waals surface area contributed by atoms with Crippen LogP contribution < -0.4 is 10.6 Å². The highest BCUT2D eigenvalue weighted by Crippen LogP contribution is 2.44. The Bertz CT molecular complexity index is 1260. The zero-order valence-electron chi connectivity index (χ0n) is 22.2. The van der Waals surface area contributed by atoms with E-state index in [1.54, 1.807) is 0 Å². The Morgan fingerprint density at radius 2 is 1.37 bits per heavy atom. The van der Waals surface area contributed by atoms with Crippen molar-refractivity contribution in [1.82, 2.24) is 10.6 Å². The summed E-state index contributed by atoms with van der Waals surface area (Å²) >= 11 is 0. The number of nitrogens with one attached hydrogen (secondary N) is 2. The van der Waals surface area contributed by atoms with Crippen LogP contribution in [0.1, 0.15) is 48.9 Å². The second kappa shape index (κ2) is 11.5. The van der Waals surface area contributed by atoms with E-state index < -0.39 is 23.6 Å². The average Bonchev–Trinajstić information content (AvgIpc) is 3.23. The molecule has 0 aliphatic heterocycles. The fourth-order valence-electron chi connectivity index (χ4n) is 4.79. The molecule has 0 fully saturated rings. The molecule has 1 aliphatic carbocycles. The normalized spacial score (nSPS) is 13.2. The molecule has 2 N–H and O–H groups in total. The van der Waals surface area contributed by atoms with Gasteiger partial charge in [-0.15, -0.1) is 0 Å². The number of Topliss-reactive ketones (excluding diaryl/α,β-unsaturated/α-hetero) is 1. The van der Waals surface area contributed by atoms with Crippen LogP contribution in [0.25, 0.3) is 11.1 Å². The van der Waals surface area contributed by atoms with Gasteiger partial charge in [-0.2, -0.15) is 0 Å². The summed E-state index contributed by atoms with van der Waals surface area (Å²) < 4.78 is 10.3. The van der Waals surface area contributed by atoms with E-state index in [4.69, 9.17) is 4.74 Å². The molecule has 4 rings (SSSR count). The van der Waals surface area contributed by atoms with E-state index in [-0.39, 0.29) is 18.3 Å². The van der Waals surface area contributed by atoms with E-state index in [2.05, 4.69) is 39.6 Å². The van der Waals surface area contributed by atoms with Crippen LogP contribution in [0.5, 0.6) is 0 Å². The van der Waals surface area contributed by atoms with Crippen molar-refractivity contribution in [1.29, 1.82) is 0 Å². The van der Waals surface area contributed by atoms with E-state index in [9.17, 15) is 14.4 Å². The molecule has 3 aromatic carbocycles. The summed E-state index contributed by atoms with van der Waals surface area (Å²) in [6.07, 6.45) is -0.781. The Morgan fingerprint density at radius 1 is 0.816 bits per heavy atom. The molecule has 7 nitrogen and oxygen atoms in total. The van der Waals surface area contributed by atoms with Gasteiger partial charge in [0.15, 0.2) is 5.78 Å². The fourth-order valence-corrected chi connectivity index (χ4v) is 4.79. The molecule has 0 saturated heterocycles. The summed E-state index contributed by atoms with van der Waals surface area (Å²) in [5, 5.41) is 5.46. The predicted octanol–water partition coefficient (Wildman–Crippen LogP) is 5.61. The molecule has 3 aromatic rings. The Kier molecular flexibility index (Phi) is 8.15. The number of ether oxygens (including phenoxy) is 2. The van der Waals surface area contributed by atoms with Crippen LogP contribution >= 0.6 is 0 Å². The van der Waals surface area contributed by atoms with Gasteiger partial charge in [-0.25, -0.2) is 9.59 Å². The Hall–Kier alpha value is -4.13.